The number of piperidine rings is 1. The third-order valence-electron chi connectivity index (χ3n) is 3.35. The molecule has 0 unspecified atom stereocenters. The van der Waals surface area contributed by atoms with Crippen molar-refractivity contribution in [2.75, 3.05) is 31.9 Å². The second-order valence-electron chi connectivity index (χ2n) is 5.15. The van der Waals surface area contributed by atoms with Crippen LogP contribution in [0, 0.1) is 0 Å². The van der Waals surface area contributed by atoms with E-state index in [1.54, 1.807) is 11.8 Å². The maximum Gasteiger partial charge on any atom is 0.234 e. The first-order valence-electron chi connectivity index (χ1n) is 7.16. The maximum atomic E-state index is 11.8. The molecule has 0 saturated carbocycles. The topological polar surface area (TPSA) is 58.4 Å². The number of nitrogens with one attached hydrogen (secondary N) is 1. The zero-order chi connectivity index (χ0) is 14.2. The van der Waals surface area contributed by atoms with Crippen LogP contribution in [0.3, 0.4) is 0 Å². The number of hydrogen-bond acceptors (Lipinski definition) is 4. The lowest BCUT2D eigenvalue weighted by Crippen LogP contribution is -2.47. The predicted octanol–water partition coefficient (Wildman–Crippen LogP) is 1.32. The minimum absolute atomic E-state index is 0.104. The molecular formula is C15H23N3OS. The van der Waals surface area contributed by atoms with Crippen molar-refractivity contribution < 1.29 is 4.79 Å². The van der Waals surface area contributed by atoms with Gasteiger partial charge >= 0.3 is 0 Å². The zero-order valence-electron chi connectivity index (χ0n) is 11.8. The van der Waals surface area contributed by atoms with Gasteiger partial charge in [-0.25, -0.2) is 0 Å². The predicted molar refractivity (Wildman–Crippen MR) is 83.8 cm³/mol. The highest BCUT2D eigenvalue weighted by molar-refractivity contribution is 7.99. The minimum Gasteiger partial charge on any atom is -0.354 e. The van der Waals surface area contributed by atoms with Gasteiger partial charge in [0.25, 0.3) is 0 Å². The summed E-state index contributed by atoms with van der Waals surface area (Å²) >= 11 is 1.76. The Labute approximate surface area is 125 Å². The minimum atomic E-state index is 0.104. The number of nitrogens with two attached hydrogens (primary N) is 1. The van der Waals surface area contributed by atoms with Crippen molar-refractivity contribution in [3.05, 3.63) is 30.3 Å². The van der Waals surface area contributed by atoms with Crippen LogP contribution in [0.4, 0.5) is 0 Å². The highest BCUT2D eigenvalue weighted by Gasteiger charge is 2.18. The van der Waals surface area contributed by atoms with Crippen LogP contribution >= 0.6 is 11.8 Å². The van der Waals surface area contributed by atoms with Crippen molar-refractivity contribution in [2.45, 2.75) is 23.8 Å². The van der Waals surface area contributed by atoms with E-state index in [0.717, 1.165) is 31.7 Å². The summed E-state index contributed by atoms with van der Waals surface area (Å²) in [6, 6.07) is 10.5. The van der Waals surface area contributed by atoms with Gasteiger partial charge in [-0.1, -0.05) is 18.2 Å². The molecule has 0 radical (unpaired) electrons. The van der Waals surface area contributed by atoms with Crippen LogP contribution in [0.15, 0.2) is 35.2 Å². The van der Waals surface area contributed by atoms with Crippen LogP contribution in [-0.2, 0) is 4.79 Å². The van der Waals surface area contributed by atoms with Crippen LogP contribution in [0.1, 0.15) is 12.8 Å². The fourth-order valence-corrected chi connectivity index (χ4v) is 3.16. The third-order valence-corrected chi connectivity index (χ3v) is 4.36. The number of carbonyl (C=O) groups excluding carboxylic acids is 1. The molecule has 20 heavy (non-hydrogen) atoms. The average Bonchev–Trinajstić information content (AvgIpc) is 2.45. The summed E-state index contributed by atoms with van der Waals surface area (Å²) in [5.74, 6) is 1.00. The molecule has 1 amide bonds. The van der Waals surface area contributed by atoms with Gasteiger partial charge in [-0.05, 0) is 31.5 Å². The number of likely N-dealkylation sites (tertiary alicyclic amines) is 1. The number of nitrogens with zero attached hydrogens (tertiary/aromatic N) is 1. The number of rotatable bonds is 6. The Morgan fingerprint density at radius 2 is 2.20 bits per heavy atom. The highest BCUT2D eigenvalue weighted by atomic mass is 32.2. The Hall–Kier alpha value is -1.04. The van der Waals surface area contributed by atoms with Crippen molar-refractivity contribution >= 4 is 17.7 Å². The smallest absolute Gasteiger partial charge is 0.234 e. The lowest BCUT2D eigenvalue weighted by molar-refractivity contribution is -0.122. The number of thioether (sulfide) groups is 1. The molecule has 1 fully saturated rings. The molecule has 4 nitrogen and oxygen atoms in total. The summed E-state index contributed by atoms with van der Waals surface area (Å²) in [4.78, 5) is 15.2. The summed E-state index contributed by atoms with van der Waals surface area (Å²) in [5.41, 5.74) is 5.91. The Bertz CT molecular complexity index is 413. The zero-order valence-corrected chi connectivity index (χ0v) is 12.6. The van der Waals surface area contributed by atoms with E-state index < -0.39 is 0 Å². The van der Waals surface area contributed by atoms with Crippen molar-refractivity contribution in [1.29, 1.82) is 0 Å². The van der Waals surface area contributed by atoms with Gasteiger partial charge in [0.05, 0.1) is 6.54 Å². The first kappa shape index (κ1) is 15.4. The first-order chi connectivity index (χ1) is 9.74. The first-order valence-corrected chi connectivity index (χ1v) is 8.15. The summed E-state index contributed by atoms with van der Waals surface area (Å²) in [6.07, 6.45) is 2.17. The second kappa shape index (κ2) is 8.29. The second-order valence-corrected chi connectivity index (χ2v) is 6.32. The molecule has 110 valence electrons. The van der Waals surface area contributed by atoms with Crippen LogP contribution < -0.4 is 11.1 Å². The van der Waals surface area contributed by atoms with Crippen molar-refractivity contribution in [3.8, 4) is 0 Å². The normalized spacial score (nSPS) is 19.8. The summed E-state index contributed by atoms with van der Waals surface area (Å²) in [6.45, 7) is 3.01. The van der Waals surface area contributed by atoms with E-state index in [-0.39, 0.29) is 11.9 Å². The van der Waals surface area contributed by atoms with Gasteiger partial charge in [-0.3, -0.25) is 9.69 Å². The van der Waals surface area contributed by atoms with Gasteiger partial charge < -0.3 is 11.1 Å². The molecule has 0 aliphatic carbocycles. The number of amides is 1. The van der Waals surface area contributed by atoms with Crippen molar-refractivity contribution in [2.24, 2.45) is 5.73 Å². The van der Waals surface area contributed by atoms with Gasteiger partial charge in [-0.15, -0.1) is 11.8 Å². The fourth-order valence-electron chi connectivity index (χ4n) is 2.37. The van der Waals surface area contributed by atoms with Gasteiger partial charge in [-0.2, -0.15) is 0 Å². The standard InChI is InChI=1S/C15H23N3OS/c16-13-5-4-9-18(11-13)12-15(19)17-8-10-20-14-6-2-1-3-7-14/h1-3,6-7,13H,4-5,8-12,16H2,(H,17,19)/t13-/m1/s1. The molecule has 0 spiro atoms. The van der Waals surface area contributed by atoms with E-state index in [4.69, 9.17) is 5.73 Å². The van der Waals surface area contributed by atoms with E-state index in [0.29, 0.717) is 13.1 Å². The van der Waals surface area contributed by atoms with E-state index in [2.05, 4.69) is 22.3 Å². The number of benzene rings is 1. The monoisotopic (exact) mass is 293 g/mol. The Morgan fingerprint density at radius 3 is 2.95 bits per heavy atom. The summed E-state index contributed by atoms with van der Waals surface area (Å²) in [5, 5.41) is 2.97. The molecule has 1 saturated heterocycles. The lowest BCUT2D eigenvalue weighted by atomic mass is 10.1. The molecule has 3 N–H and O–H groups in total. The summed E-state index contributed by atoms with van der Waals surface area (Å²) < 4.78 is 0. The molecule has 5 heteroatoms. The molecule has 2 rings (SSSR count). The van der Waals surface area contributed by atoms with Crippen LogP contribution in [0.2, 0.25) is 0 Å². The third kappa shape index (κ3) is 5.53. The molecule has 1 aromatic rings. The molecular weight excluding hydrogens is 270 g/mol. The molecule has 0 aromatic heterocycles. The molecule has 1 atom stereocenters. The lowest BCUT2D eigenvalue weighted by Gasteiger charge is -2.29. The average molecular weight is 293 g/mol. The van der Waals surface area contributed by atoms with E-state index >= 15 is 0 Å². The Morgan fingerprint density at radius 1 is 1.40 bits per heavy atom. The van der Waals surface area contributed by atoms with Crippen molar-refractivity contribution in [1.82, 2.24) is 10.2 Å². The molecule has 1 aliphatic rings. The number of hydrogen-bond donors (Lipinski definition) is 2. The maximum absolute atomic E-state index is 11.8. The van der Waals surface area contributed by atoms with E-state index in [1.807, 2.05) is 18.2 Å². The fraction of sp³-hybridized carbons (Fsp3) is 0.533. The molecule has 0 bridgehead atoms. The van der Waals surface area contributed by atoms with E-state index in [9.17, 15) is 4.79 Å². The van der Waals surface area contributed by atoms with Crippen LogP contribution in [0.5, 0.6) is 0 Å². The van der Waals surface area contributed by atoms with Gasteiger partial charge in [0.1, 0.15) is 0 Å². The van der Waals surface area contributed by atoms with Gasteiger partial charge in [0.15, 0.2) is 0 Å². The van der Waals surface area contributed by atoms with Crippen molar-refractivity contribution in [3.63, 3.8) is 0 Å². The highest BCUT2D eigenvalue weighted by Crippen LogP contribution is 2.15. The largest absolute Gasteiger partial charge is 0.354 e. The Kier molecular flexibility index (Phi) is 6.36. The molecule has 1 heterocycles. The molecule has 1 aromatic carbocycles. The van der Waals surface area contributed by atoms with E-state index in [1.165, 1.54) is 4.90 Å². The number of carbonyl (C=O) groups is 1. The Balaban J connectivity index is 1.58. The van der Waals surface area contributed by atoms with Gasteiger partial charge in [0, 0.05) is 29.8 Å². The summed E-state index contributed by atoms with van der Waals surface area (Å²) in [7, 11) is 0. The van der Waals surface area contributed by atoms with Crippen LogP contribution in [-0.4, -0.2) is 48.8 Å². The molecule has 1 aliphatic heterocycles. The van der Waals surface area contributed by atoms with Gasteiger partial charge in [0.2, 0.25) is 5.91 Å². The SMILES string of the molecule is N[C@@H]1CCCN(CC(=O)NCCSc2ccccc2)C1. The van der Waals surface area contributed by atoms with Crippen LogP contribution in [0.25, 0.3) is 0 Å². The quantitative estimate of drug-likeness (QED) is 0.613.